The van der Waals surface area contributed by atoms with Crippen molar-refractivity contribution in [3.8, 4) is 11.5 Å². The number of rotatable bonds is 8. The van der Waals surface area contributed by atoms with Crippen LogP contribution in [0.25, 0.3) is 6.08 Å². The summed E-state index contributed by atoms with van der Waals surface area (Å²) in [5.74, 6) is 0.874. The Morgan fingerprint density at radius 3 is 2.50 bits per heavy atom. The van der Waals surface area contributed by atoms with Gasteiger partial charge in [0, 0.05) is 10.6 Å². The van der Waals surface area contributed by atoms with Gasteiger partial charge >= 0.3 is 0 Å². The topological polar surface area (TPSA) is 55.8 Å². The fourth-order valence-corrected chi connectivity index (χ4v) is 5.20. The first kappa shape index (κ1) is 24.6. The fourth-order valence-electron chi connectivity index (χ4n) is 3.39. The molecule has 4 rings (SSSR count). The minimum atomic E-state index is -0.300. The summed E-state index contributed by atoms with van der Waals surface area (Å²) in [4.78, 5) is 27.1. The highest BCUT2D eigenvalue weighted by molar-refractivity contribution is 14.1. The zero-order chi connectivity index (χ0) is 24.1. The minimum Gasteiger partial charge on any atom is -0.490 e. The van der Waals surface area contributed by atoms with Crippen molar-refractivity contribution in [1.82, 2.24) is 4.90 Å². The molecule has 1 fully saturated rings. The summed E-state index contributed by atoms with van der Waals surface area (Å²) in [5, 5.41) is 0.359. The summed E-state index contributed by atoms with van der Waals surface area (Å²) in [6.07, 6.45) is 1.72. The van der Waals surface area contributed by atoms with E-state index >= 15 is 0 Å². The van der Waals surface area contributed by atoms with Crippen LogP contribution in [0.3, 0.4) is 0 Å². The summed E-state index contributed by atoms with van der Waals surface area (Å²) >= 11 is 9.38. The largest absolute Gasteiger partial charge is 0.490 e. The lowest BCUT2D eigenvalue weighted by Crippen LogP contribution is -2.27. The third-order valence-corrected chi connectivity index (χ3v) is 7.09. The zero-order valence-electron chi connectivity index (χ0n) is 18.3. The van der Waals surface area contributed by atoms with Gasteiger partial charge in [0.1, 0.15) is 6.61 Å². The summed E-state index contributed by atoms with van der Waals surface area (Å²) < 4.78 is 12.7. The number of imide groups is 1. The van der Waals surface area contributed by atoms with Gasteiger partial charge in [-0.2, -0.15) is 0 Å². The van der Waals surface area contributed by atoms with Gasteiger partial charge in [0.15, 0.2) is 11.5 Å². The molecule has 1 aliphatic rings. The number of carbonyl (C=O) groups is 2. The normalized spacial score (nSPS) is 14.7. The van der Waals surface area contributed by atoms with Crippen molar-refractivity contribution >= 4 is 63.2 Å². The lowest BCUT2D eigenvalue weighted by Gasteiger charge is -2.15. The van der Waals surface area contributed by atoms with E-state index in [1.165, 1.54) is 4.90 Å². The van der Waals surface area contributed by atoms with E-state index in [1.807, 2.05) is 73.7 Å². The van der Waals surface area contributed by atoms with Crippen LogP contribution in [0.1, 0.15) is 23.6 Å². The number of nitrogens with zero attached hydrogens (tertiary/aromatic N) is 1. The van der Waals surface area contributed by atoms with E-state index in [9.17, 15) is 9.59 Å². The number of hydrogen-bond donors (Lipinski definition) is 0. The lowest BCUT2D eigenvalue weighted by molar-refractivity contribution is -0.123. The average molecular weight is 606 g/mol. The van der Waals surface area contributed by atoms with Crippen LogP contribution < -0.4 is 9.47 Å². The summed E-state index contributed by atoms with van der Waals surface area (Å²) in [6, 6.07) is 20.7. The quantitative estimate of drug-likeness (QED) is 0.202. The van der Waals surface area contributed by atoms with Crippen LogP contribution in [0.2, 0.25) is 5.02 Å². The number of halogens is 2. The molecule has 8 heteroatoms. The van der Waals surface area contributed by atoms with Gasteiger partial charge in [0.25, 0.3) is 11.1 Å². The predicted octanol–water partition coefficient (Wildman–Crippen LogP) is 7.16. The van der Waals surface area contributed by atoms with Crippen LogP contribution in [0.5, 0.6) is 11.5 Å². The molecule has 1 aliphatic heterocycles. The highest BCUT2D eigenvalue weighted by Gasteiger charge is 2.35. The second-order valence-electron chi connectivity index (χ2n) is 7.40. The van der Waals surface area contributed by atoms with Gasteiger partial charge in [-0.3, -0.25) is 14.5 Å². The number of amides is 2. The fraction of sp³-hybridized carbons (Fsp3) is 0.154. The molecule has 3 aromatic rings. The van der Waals surface area contributed by atoms with Gasteiger partial charge in [-0.1, -0.05) is 60.1 Å². The molecule has 1 saturated heterocycles. The molecule has 0 N–H and O–H groups in total. The highest BCUT2D eigenvalue weighted by Crippen LogP contribution is 2.38. The Morgan fingerprint density at radius 2 is 1.76 bits per heavy atom. The first-order valence-electron chi connectivity index (χ1n) is 10.6. The highest BCUT2D eigenvalue weighted by atomic mass is 127. The molecule has 3 aromatic carbocycles. The standard InChI is InChI=1S/C26H21ClINO4S/c1-2-32-22-13-18(12-21(28)24(22)33-16-19-10-6-7-11-20(19)27)14-23-25(30)29(26(31)34-23)15-17-8-4-3-5-9-17/h3-14H,2,15-16H2,1H3/b23-14+. The van der Waals surface area contributed by atoms with Crippen LogP contribution in [-0.4, -0.2) is 22.7 Å². The maximum Gasteiger partial charge on any atom is 0.293 e. The van der Waals surface area contributed by atoms with Gasteiger partial charge < -0.3 is 9.47 Å². The van der Waals surface area contributed by atoms with E-state index in [2.05, 4.69) is 22.6 Å². The van der Waals surface area contributed by atoms with Gasteiger partial charge in [0.05, 0.1) is 21.6 Å². The number of ether oxygens (including phenoxy) is 2. The SMILES string of the molecule is CCOc1cc(/C=C2/SC(=O)N(Cc3ccccc3)C2=O)cc(I)c1OCc1ccccc1Cl. The van der Waals surface area contributed by atoms with Gasteiger partial charge in [-0.15, -0.1) is 0 Å². The molecular weight excluding hydrogens is 585 g/mol. The Bertz CT molecular complexity index is 1250. The number of hydrogen-bond acceptors (Lipinski definition) is 5. The van der Waals surface area contributed by atoms with Crippen LogP contribution >= 0.6 is 46.0 Å². The van der Waals surface area contributed by atoms with Crippen molar-refractivity contribution in [2.75, 3.05) is 6.61 Å². The minimum absolute atomic E-state index is 0.249. The third kappa shape index (κ3) is 5.76. The second kappa shape index (κ2) is 11.3. The van der Waals surface area contributed by atoms with E-state index in [0.717, 1.165) is 32.0 Å². The maximum atomic E-state index is 12.9. The summed E-state index contributed by atoms with van der Waals surface area (Å²) in [5.41, 5.74) is 2.53. The molecule has 0 radical (unpaired) electrons. The average Bonchev–Trinajstić information content (AvgIpc) is 3.08. The predicted molar refractivity (Wildman–Crippen MR) is 144 cm³/mol. The maximum absolute atomic E-state index is 12.9. The summed E-state index contributed by atoms with van der Waals surface area (Å²) in [6.45, 7) is 2.90. The van der Waals surface area contributed by atoms with Crippen molar-refractivity contribution in [2.24, 2.45) is 0 Å². The van der Waals surface area contributed by atoms with E-state index in [0.29, 0.717) is 34.6 Å². The number of carbonyl (C=O) groups excluding carboxylic acids is 2. The molecule has 34 heavy (non-hydrogen) atoms. The first-order valence-corrected chi connectivity index (χ1v) is 12.9. The second-order valence-corrected chi connectivity index (χ2v) is 9.96. The Morgan fingerprint density at radius 1 is 1.03 bits per heavy atom. The molecule has 1 heterocycles. The van der Waals surface area contributed by atoms with Crippen molar-refractivity contribution in [2.45, 2.75) is 20.1 Å². The van der Waals surface area contributed by atoms with E-state index in [-0.39, 0.29) is 17.7 Å². The molecule has 5 nitrogen and oxygen atoms in total. The van der Waals surface area contributed by atoms with Gasteiger partial charge in [0.2, 0.25) is 0 Å². The molecule has 2 amide bonds. The van der Waals surface area contributed by atoms with Crippen molar-refractivity contribution < 1.29 is 19.1 Å². The third-order valence-electron chi connectivity index (χ3n) is 5.02. The Labute approximate surface area is 221 Å². The molecule has 0 aromatic heterocycles. The van der Waals surface area contributed by atoms with Crippen LogP contribution in [0.4, 0.5) is 4.79 Å². The van der Waals surface area contributed by atoms with Crippen molar-refractivity contribution in [1.29, 1.82) is 0 Å². The monoisotopic (exact) mass is 605 g/mol. The molecule has 0 spiro atoms. The number of thioether (sulfide) groups is 1. The van der Waals surface area contributed by atoms with Crippen molar-refractivity contribution in [3.63, 3.8) is 0 Å². The molecule has 0 atom stereocenters. The molecule has 174 valence electrons. The van der Waals surface area contributed by atoms with Gasteiger partial charge in [-0.05, 0) is 76.7 Å². The smallest absolute Gasteiger partial charge is 0.293 e. The first-order chi connectivity index (χ1) is 16.5. The molecule has 0 bridgehead atoms. The van der Waals surface area contributed by atoms with E-state index in [1.54, 1.807) is 6.08 Å². The Hall–Kier alpha value is -2.49. The Balaban J connectivity index is 1.56. The zero-order valence-corrected chi connectivity index (χ0v) is 22.0. The van der Waals surface area contributed by atoms with E-state index < -0.39 is 0 Å². The Kier molecular flexibility index (Phi) is 8.18. The summed E-state index contributed by atoms with van der Waals surface area (Å²) in [7, 11) is 0. The molecular formula is C26H21ClINO4S. The number of benzene rings is 3. The van der Waals surface area contributed by atoms with Crippen LogP contribution in [0.15, 0.2) is 71.6 Å². The molecule has 0 unspecified atom stereocenters. The van der Waals surface area contributed by atoms with Crippen molar-refractivity contribution in [3.05, 3.63) is 96.9 Å². The lowest BCUT2D eigenvalue weighted by atomic mass is 10.1. The van der Waals surface area contributed by atoms with E-state index in [4.69, 9.17) is 21.1 Å². The molecule has 0 saturated carbocycles. The van der Waals surface area contributed by atoms with Crippen LogP contribution in [0, 0.1) is 3.57 Å². The molecule has 0 aliphatic carbocycles. The van der Waals surface area contributed by atoms with Crippen LogP contribution in [-0.2, 0) is 17.9 Å². The van der Waals surface area contributed by atoms with Gasteiger partial charge in [-0.25, -0.2) is 0 Å².